The third-order valence-corrected chi connectivity index (χ3v) is 3.38. The van der Waals surface area contributed by atoms with Crippen LogP contribution in [0.15, 0.2) is 22.7 Å². The van der Waals surface area contributed by atoms with Crippen LogP contribution in [0, 0.1) is 5.41 Å². The highest BCUT2D eigenvalue weighted by atomic mass is 79.9. The molecule has 1 atom stereocenters. The molecular formula is C8H7BrCl2O. The molecule has 0 radical (unpaired) electrons. The third-order valence-electron chi connectivity index (χ3n) is 1.84. The van der Waals surface area contributed by atoms with Crippen LogP contribution in [0.2, 0.25) is 0 Å². The van der Waals surface area contributed by atoms with Gasteiger partial charge in [-0.1, -0.05) is 12.2 Å². The molecule has 0 aromatic heterocycles. The van der Waals surface area contributed by atoms with Gasteiger partial charge in [0.25, 0.3) is 0 Å². The average molecular weight is 270 g/mol. The molecule has 1 rings (SSSR count). The van der Waals surface area contributed by atoms with Gasteiger partial charge < -0.3 is 0 Å². The molecule has 0 fully saturated rings. The number of alkyl halides is 2. The summed E-state index contributed by atoms with van der Waals surface area (Å²) in [6, 6.07) is 0. The minimum Gasteiger partial charge on any atom is -0.293 e. The molecule has 66 valence electrons. The summed E-state index contributed by atoms with van der Waals surface area (Å²) < 4.78 is 0.513. The summed E-state index contributed by atoms with van der Waals surface area (Å²) >= 11 is 14.5. The van der Waals surface area contributed by atoms with Crippen LogP contribution < -0.4 is 0 Å². The number of Topliss-reactive ketones (excluding diaryl/α,β-unsaturated/α-hetero) is 1. The SMILES string of the molecule is CC1(C(Cl)Cl)C=CC=C(Br)C1=O. The topological polar surface area (TPSA) is 17.1 Å². The Morgan fingerprint density at radius 2 is 2.17 bits per heavy atom. The van der Waals surface area contributed by atoms with Gasteiger partial charge in [-0.25, -0.2) is 0 Å². The van der Waals surface area contributed by atoms with Crippen LogP contribution in [-0.2, 0) is 4.79 Å². The molecule has 0 aliphatic heterocycles. The van der Waals surface area contributed by atoms with Crippen molar-refractivity contribution in [3.8, 4) is 0 Å². The first-order chi connectivity index (χ1) is 5.48. The second-order valence-electron chi connectivity index (χ2n) is 2.79. The van der Waals surface area contributed by atoms with Gasteiger partial charge in [0.05, 0.1) is 9.90 Å². The number of rotatable bonds is 1. The maximum Gasteiger partial charge on any atom is 0.182 e. The second-order valence-corrected chi connectivity index (χ2v) is 4.74. The first-order valence-corrected chi connectivity index (χ1v) is 5.03. The normalized spacial score (nSPS) is 29.4. The zero-order valence-corrected chi connectivity index (χ0v) is 9.45. The summed E-state index contributed by atoms with van der Waals surface area (Å²) in [5, 5.41) is 0. The quantitative estimate of drug-likeness (QED) is 0.668. The number of hydrogen-bond donors (Lipinski definition) is 0. The van der Waals surface area contributed by atoms with Crippen molar-refractivity contribution < 1.29 is 4.79 Å². The second kappa shape index (κ2) is 3.52. The van der Waals surface area contributed by atoms with Crippen molar-refractivity contribution in [1.82, 2.24) is 0 Å². The summed E-state index contributed by atoms with van der Waals surface area (Å²) in [5.74, 6) is -0.0833. The standard InChI is InChI=1S/C8H7BrCl2O/c1-8(7(10)11)4-2-3-5(9)6(8)12/h2-4,7H,1H3. The molecule has 0 heterocycles. The van der Waals surface area contributed by atoms with Crippen molar-refractivity contribution >= 4 is 44.9 Å². The van der Waals surface area contributed by atoms with Crippen LogP contribution in [0.1, 0.15) is 6.92 Å². The zero-order chi connectivity index (χ0) is 9.35. The van der Waals surface area contributed by atoms with E-state index in [9.17, 15) is 4.79 Å². The molecule has 0 bridgehead atoms. The smallest absolute Gasteiger partial charge is 0.182 e. The van der Waals surface area contributed by atoms with Gasteiger partial charge in [0.15, 0.2) is 5.78 Å². The van der Waals surface area contributed by atoms with E-state index in [0.29, 0.717) is 4.48 Å². The average Bonchev–Trinajstić information content (AvgIpc) is 2.00. The fourth-order valence-electron chi connectivity index (χ4n) is 0.913. The highest BCUT2D eigenvalue weighted by Gasteiger charge is 2.39. The number of hydrogen-bond acceptors (Lipinski definition) is 1. The van der Waals surface area contributed by atoms with E-state index in [0.717, 1.165) is 0 Å². The number of carbonyl (C=O) groups excluding carboxylic acids is 1. The summed E-state index contributed by atoms with van der Waals surface area (Å²) in [6.45, 7) is 1.71. The molecule has 0 saturated carbocycles. The van der Waals surface area contributed by atoms with Crippen LogP contribution in [0.25, 0.3) is 0 Å². The Balaban J connectivity index is 3.04. The largest absolute Gasteiger partial charge is 0.293 e. The Bertz CT molecular complexity index is 270. The van der Waals surface area contributed by atoms with E-state index in [-0.39, 0.29) is 5.78 Å². The first-order valence-electron chi connectivity index (χ1n) is 3.36. The van der Waals surface area contributed by atoms with Crippen molar-refractivity contribution in [2.24, 2.45) is 5.41 Å². The molecule has 0 saturated heterocycles. The Labute approximate surface area is 89.5 Å². The van der Waals surface area contributed by atoms with E-state index >= 15 is 0 Å². The summed E-state index contributed by atoms with van der Waals surface area (Å²) in [5.41, 5.74) is -0.795. The summed E-state index contributed by atoms with van der Waals surface area (Å²) in [7, 11) is 0. The van der Waals surface area contributed by atoms with Gasteiger partial charge in [-0.3, -0.25) is 4.79 Å². The molecule has 1 aliphatic carbocycles. The lowest BCUT2D eigenvalue weighted by Gasteiger charge is -2.27. The number of carbonyl (C=O) groups is 1. The van der Waals surface area contributed by atoms with Gasteiger partial charge in [-0.2, -0.15) is 0 Å². The van der Waals surface area contributed by atoms with E-state index in [1.807, 2.05) is 0 Å². The molecule has 0 spiro atoms. The maximum absolute atomic E-state index is 11.6. The minimum absolute atomic E-state index is 0.0833. The van der Waals surface area contributed by atoms with E-state index in [1.165, 1.54) is 0 Å². The van der Waals surface area contributed by atoms with Crippen LogP contribution in [0.3, 0.4) is 0 Å². The van der Waals surface area contributed by atoms with Gasteiger partial charge >= 0.3 is 0 Å². The molecule has 1 unspecified atom stereocenters. The number of ketones is 1. The van der Waals surface area contributed by atoms with E-state index < -0.39 is 10.3 Å². The van der Waals surface area contributed by atoms with Crippen LogP contribution in [0.5, 0.6) is 0 Å². The van der Waals surface area contributed by atoms with Gasteiger partial charge in [0, 0.05) is 0 Å². The highest BCUT2D eigenvalue weighted by molar-refractivity contribution is 9.12. The van der Waals surface area contributed by atoms with Crippen molar-refractivity contribution in [2.75, 3.05) is 0 Å². The van der Waals surface area contributed by atoms with E-state index in [4.69, 9.17) is 23.2 Å². The molecule has 4 heteroatoms. The van der Waals surface area contributed by atoms with Crippen molar-refractivity contribution in [3.05, 3.63) is 22.7 Å². The van der Waals surface area contributed by atoms with Gasteiger partial charge in [-0.15, -0.1) is 23.2 Å². The predicted molar refractivity (Wildman–Crippen MR) is 54.8 cm³/mol. The van der Waals surface area contributed by atoms with Crippen LogP contribution >= 0.6 is 39.1 Å². The Morgan fingerprint density at radius 1 is 1.58 bits per heavy atom. The van der Waals surface area contributed by atoms with Gasteiger partial charge in [0.2, 0.25) is 0 Å². The summed E-state index contributed by atoms with van der Waals surface area (Å²) in [4.78, 5) is 10.8. The maximum atomic E-state index is 11.6. The zero-order valence-electron chi connectivity index (χ0n) is 6.35. The number of allylic oxidation sites excluding steroid dienone is 4. The van der Waals surface area contributed by atoms with Crippen molar-refractivity contribution in [2.45, 2.75) is 11.8 Å². The van der Waals surface area contributed by atoms with Crippen molar-refractivity contribution in [1.29, 1.82) is 0 Å². The van der Waals surface area contributed by atoms with Crippen LogP contribution in [0.4, 0.5) is 0 Å². The Hall–Kier alpha value is 0.210. The lowest BCUT2D eigenvalue weighted by molar-refractivity contribution is -0.120. The molecule has 1 nitrogen and oxygen atoms in total. The number of halogens is 3. The molecule has 1 aliphatic rings. The van der Waals surface area contributed by atoms with Crippen LogP contribution in [-0.4, -0.2) is 10.6 Å². The highest BCUT2D eigenvalue weighted by Crippen LogP contribution is 2.37. The lowest BCUT2D eigenvalue weighted by atomic mass is 9.84. The first kappa shape index (κ1) is 10.3. The summed E-state index contributed by atoms with van der Waals surface area (Å²) in [6.07, 6.45) is 5.16. The molecule has 0 aromatic rings. The fraction of sp³-hybridized carbons (Fsp3) is 0.375. The monoisotopic (exact) mass is 268 g/mol. The van der Waals surface area contributed by atoms with Gasteiger partial charge in [0.1, 0.15) is 4.84 Å². The molecule has 12 heavy (non-hydrogen) atoms. The lowest BCUT2D eigenvalue weighted by Crippen LogP contribution is -2.33. The Morgan fingerprint density at radius 3 is 2.58 bits per heavy atom. The molecule has 0 amide bonds. The van der Waals surface area contributed by atoms with E-state index in [2.05, 4.69) is 15.9 Å². The molecule has 0 aromatic carbocycles. The van der Waals surface area contributed by atoms with E-state index in [1.54, 1.807) is 25.2 Å². The molecular weight excluding hydrogens is 263 g/mol. The minimum atomic E-state index is -0.795. The molecule has 0 N–H and O–H groups in total. The fourth-order valence-corrected chi connectivity index (χ4v) is 1.84. The van der Waals surface area contributed by atoms with Crippen molar-refractivity contribution in [3.63, 3.8) is 0 Å². The Kier molecular flexibility index (Phi) is 3.02. The van der Waals surface area contributed by atoms with Gasteiger partial charge in [-0.05, 0) is 28.9 Å². The third kappa shape index (κ3) is 1.61. The predicted octanol–water partition coefficient (Wildman–Crippen LogP) is 3.21.